The van der Waals surface area contributed by atoms with Gasteiger partial charge in [-0.15, -0.1) is 0 Å². The Hall–Kier alpha value is -1.68. The maximum atomic E-state index is 13.0. The molecule has 0 aliphatic heterocycles. The van der Waals surface area contributed by atoms with E-state index in [0.29, 0.717) is 6.54 Å². The standard InChI is InChI=1S/C13H16FN3/c1-10(15)5-12-7-16-17(9-12)8-11-3-2-4-13(14)6-11/h2-4,6-7,9-10H,5,8,15H2,1H3. The number of halogens is 1. The van der Waals surface area contributed by atoms with Gasteiger partial charge < -0.3 is 5.73 Å². The van der Waals surface area contributed by atoms with Gasteiger partial charge in [0.1, 0.15) is 5.82 Å². The Labute approximate surface area is 100 Å². The van der Waals surface area contributed by atoms with E-state index in [0.717, 1.165) is 17.5 Å². The third-order valence-corrected chi connectivity index (χ3v) is 2.48. The Morgan fingerprint density at radius 2 is 2.24 bits per heavy atom. The van der Waals surface area contributed by atoms with Crippen molar-refractivity contribution < 1.29 is 4.39 Å². The lowest BCUT2D eigenvalue weighted by atomic mass is 10.1. The fourth-order valence-electron chi connectivity index (χ4n) is 1.79. The summed E-state index contributed by atoms with van der Waals surface area (Å²) in [7, 11) is 0. The molecule has 0 saturated heterocycles. The van der Waals surface area contributed by atoms with Crippen LogP contribution in [0, 0.1) is 5.82 Å². The van der Waals surface area contributed by atoms with E-state index >= 15 is 0 Å². The molecule has 0 aliphatic carbocycles. The first kappa shape index (κ1) is 11.8. The van der Waals surface area contributed by atoms with E-state index in [1.165, 1.54) is 12.1 Å². The molecule has 17 heavy (non-hydrogen) atoms. The van der Waals surface area contributed by atoms with E-state index in [1.54, 1.807) is 10.7 Å². The topological polar surface area (TPSA) is 43.8 Å². The lowest BCUT2D eigenvalue weighted by Gasteiger charge is -2.02. The molecule has 1 unspecified atom stereocenters. The zero-order valence-corrected chi connectivity index (χ0v) is 9.81. The first-order valence-electron chi connectivity index (χ1n) is 5.65. The van der Waals surface area contributed by atoms with Gasteiger partial charge in [0.2, 0.25) is 0 Å². The van der Waals surface area contributed by atoms with Crippen LogP contribution in [-0.4, -0.2) is 15.8 Å². The molecule has 1 atom stereocenters. The fourth-order valence-corrected chi connectivity index (χ4v) is 1.79. The van der Waals surface area contributed by atoms with Crippen LogP contribution in [0.2, 0.25) is 0 Å². The molecule has 1 aromatic heterocycles. The van der Waals surface area contributed by atoms with Crippen molar-refractivity contribution in [1.82, 2.24) is 9.78 Å². The fraction of sp³-hybridized carbons (Fsp3) is 0.308. The SMILES string of the molecule is CC(N)Cc1cnn(Cc2cccc(F)c2)c1. The quantitative estimate of drug-likeness (QED) is 0.877. The van der Waals surface area contributed by atoms with E-state index in [2.05, 4.69) is 5.10 Å². The molecular formula is C13H16FN3. The molecule has 0 bridgehead atoms. The van der Waals surface area contributed by atoms with Crippen molar-refractivity contribution in [3.63, 3.8) is 0 Å². The highest BCUT2D eigenvalue weighted by molar-refractivity contribution is 5.17. The molecule has 3 nitrogen and oxygen atoms in total. The van der Waals surface area contributed by atoms with Crippen LogP contribution in [0.4, 0.5) is 4.39 Å². The predicted octanol–water partition coefficient (Wildman–Crippen LogP) is 1.96. The van der Waals surface area contributed by atoms with Crippen molar-refractivity contribution in [2.24, 2.45) is 5.73 Å². The summed E-state index contributed by atoms with van der Waals surface area (Å²) in [5.74, 6) is -0.217. The number of nitrogens with two attached hydrogens (primary N) is 1. The molecule has 0 amide bonds. The zero-order chi connectivity index (χ0) is 12.3. The van der Waals surface area contributed by atoms with E-state index in [4.69, 9.17) is 5.73 Å². The molecule has 2 aromatic rings. The second-order valence-electron chi connectivity index (χ2n) is 4.36. The number of hydrogen-bond donors (Lipinski definition) is 1. The molecule has 0 fully saturated rings. The van der Waals surface area contributed by atoms with Crippen LogP contribution < -0.4 is 5.73 Å². The zero-order valence-electron chi connectivity index (χ0n) is 9.81. The maximum Gasteiger partial charge on any atom is 0.123 e. The molecule has 2 rings (SSSR count). The second kappa shape index (κ2) is 5.10. The summed E-state index contributed by atoms with van der Waals surface area (Å²) in [5.41, 5.74) is 7.73. The number of aromatic nitrogens is 2. The van der Waals surface area contributed by atoms with Gasteiger partial charge in [0, 0.05) is 12.2 Å². The van der Waals surface area contributed by atoms with Crippen molar-refractivity contribution in [2.45, 2.75) is 25.9 Å². The van der Waals surface area contributed by atoms with Gasteiger partial charge in [-0.3, -0.25) is 4.68 Å². The lowest BCUT2D eigenvalue weighted by Crippen LogP contribution is -2.17. The van der Waals surface area contributed by atoms with E-state index < -0.39 is 0 Å². The van der Waals surface area contributed by atoms with Crippen molar-refractivity contribution in [1.29, 1.82) is 0 Å². The number of benzene rings is 1. The molecule has 4 heteroatoms. The largest absolute Gasteiger partial charge is 0.328 e. The predicted molar refractivity (Wildman–Crippen MR) is 65.1 cm³/mol. The lowest BCUT2D eigenvalue weighted by molar-refractivity contribution is 0.619. The molecule has 0 saturated carbocycles. The third kappa shape index (κ3) is 3.39. The summed E-state index contributed by atoms with van der Waals surface area (Å²) < 4.78 is 14.8. The van der Waals surface area contributed by atoms with E-state index in [-0.39, 0.29) is 11.9 Å². The smallest absolute Gasteiger partial charge is 0.123 e. The Kier molecular flexibility index (Phi) is 3.54. The average Bonchev–Trinajstić information content (AvgIpc) is 2.64. The van der Waals surface area contributed by atoms with Crippen LogP contribution in [0.5, 0.6) is 0 Å². The van der Waals surface area contributed by atoms with Crippen molar-refractivity contribution in [3.8, 4) is 0 Å². The molecule has 2 N–H and O–H groups in total. The van der Waals surface area contributed by atoms with Crippen LogP contribution in [0.3, 0.4) is 0 Å². The minimum Gasteiger partial charge on any atom is -0.328 e. The molecule has 0 spiro atoms. The van der Waals surface area contributed by atoms with Crippen LogP contribution in [0.15, 0.2) is 36.7 Å². The van der Waals surface area contributed by atoms with Crippen LogP contribution >= 0.6 is 0 Å². The number of nitrogens with zero attached hydrogens (tertiary/aromatic N) is 2. The number of hydrogen-bond acceptors (Lipinski definition) is 2. The van der Waals surface area contributed by atoms with Crippen molar-refractivity contribution >= 4 is 0 Å². The normalized spacial score (nSPS) is 12.6. The van der Waals surface area contributed by atoms with E-state index in [9.17, 15) is 4.39 Å². The molecular weight excluding hydrogens is 217 g/mol. The van der Waals surface area contributed by atoms with Crippen molar-refractivity contribution in [2.75, 3.05) is 0 Å². The minimum absolute atomic E-state index is 0.127. The highest BCUT2D eigenvalue weighted by Crippen LogP contribution is 2.07. The Balaban J connectivity index is 2.06. The molecule has 0 radical (unpaired) electrons. The second-order valence-corrected chi connectivity index (χ2v) is 4.36. The maximum absolute atomic E-state index is 13.0. The van der Waals surface area contributed by atoms with E-state index in [1.807, 2.05) is 25.4 Å². The summed E-state index contributed by atoms with van der Waals surface area (Å²) in [4.78, 5) is 0. The first-order chi connectivity index (χ1) is 8.13. The van der Waals surface area contributed by atoms with Gasteiger partial charge >= 0.3 is 0 Å². The third-order valence-electron chi connectivity index (χ3n) is 2.48. The molecule has 1 heterocycles. The van der Waals surface area contributed by atoms with Crippen LogP contribution in [-0.2, 0) is 13.0 Å². The Morgan fingerprint density at radius 1 is 1.41 bits per heavy atom. The average molecular weight is 233 g/mol. The summed E-state index contributed by atoms with van der Waals surface area (Å²) in [6.45, 7) is 2.54. The summed E-state index contributed by atoms with van der Waals surface area (Å²) in [5, 5.41) is 4.23. The molecule has 1 aromatic carbocycles. The monoisotopic (exact) mass is 233 g/mol. The summed E-state index contributed by atoms with van der Waals surface area (Å²) in [6, 6.07) is 6.68. The Morgan fingerprint density at radius 3 is 2.94 bits per heavy atom. The van der Waals surface area contributed by atoms with Crippen LogP contribution in [0.25, 0.3) is 0 Å². The van der Waals surface area contributed by atoms with Gasteiger partial charge in [0.25, 0.3) is 0 Å². The van der Waals surface area contributed by atoms with Gasteiger partial charge in [0.15, 0.2) is 0 Å². The van der Waals surface area contributed by atoms with Gasteiger partial charge in [-0.2, -0.15) is 5.10 Å². The van der Waals surface area contributed by atoms with Gasteiger partial charge in [-0.25, -0.2) is 4.39 Å². The first-order valence-corrected chi connectivity index (χ1v) is 5.65. The highest BCUT2D eigenvalue weighted by Gasteiger charge is 2.02. The minimum atomic E-state index is -0.217. The summed E-state index contributed by atoms with van der Waals surface area (Å²) in [6.07, 6.45) is 4.57. The molecule has 0 aliphatic rings. The molecule has 90 valence electrons. The summed E-state index contributed by atoms with van der Waals surface area (Å²) >= 11 is 0. The van der Waals surface area contributed by atoms with Gasteiger partial charge in [0.05, 0.1) is 12.7 Å². The van der Waals surface area contributed by atoms with Gasteiger partial charge in [-0.05, 0) is 36.6 Å². The van der Waals surface area contributed by atoms with Gasteiger partial charge in [-0.1, -0.05) is 12.1 Å². The Bertz CT molecular complexity index is 491. The highest BCUT2D eigenvalue weighted by atomic mass is 19.1. The van der Waals surface area contributed by atoms with Crippen LogP contribution in [0.1, 0.15) is 18.1 Å². The number of rotatable bonds is 4. The van der Waals surface area contributed by atoms with Crippen molar-refractivity contribution in [3.05, 3.63) is 53.6 Å².